The van der Waals surface area contributed by atoms with E-state index in [-0.39, 0.29) is 18.5 Å². The maximum atomic E-state index is 12.5. The predicted molar refractivity (Wildman–Crippen MR) is 296 cm³/mol. The number of unbranched alkanes of at least 4 members (excludes halogenated alkanes) is 39. The molecule has 0 spiro atoms. The molecule has 0 saturated carbocycles. The molecule has 1 amide bonds. The molecule has 0 aliphatic carbocycles. The van der Waals surface area contributed by atoms with Crippen LogP contribution in [0, 0.1) is 0 Å². The van der Waals surface area contributed by atoms with Crippen molar-refractivity contribution in [2.24, 2.45) is 0 Å². The summed E-state index contributed by atoms with van der Waals surface area (Å²) in [4.78, 5) is 24.5. The quantitative estimate of drug-likeness (QED) is 0.0321. The molecule has 0 fully saturated rings. The van der Waals surface area contributed by atoms with Crippen LogP contribution in [0.1, 0.15) is 322 Å². The number of carbonyl (C=O) groups excluding carboxylic acids is 2. The van der Waals surface area contributed by atoms with Crippen molar-refractivity contribution in [2.45, 2.75) is 334 Å². The maximum Gasteiger partial charge on any atom is 0.305 e. The average molecular weight is 957 g/mol. The summed E-state index contributed by atoms with van der Waals surface area (Å²) in [5, 5.41) is 23.3. The summed E-state index contributed by atoms with van der Waals surface area (Å²) in [6, 6.07) is -0.550. The van der Waals surface area contributed by atoms with E-state index in [0.29, 0.717) is 25.9 Å². The largest absolute Gasteiger partial charge is 0.466 e. The molecule has 0 heterocycles. The van der Waals surface area contributed by atoms with Crippen molar-refractivity contribution in [3.05, 3.63) is 36.5 Å². The Morgan fingerprint density at radius 2 is 0.750 bits per heavy atom. The first-order valence-electron chi connectivity index (χ1n) is 30.2. The van der Waals surface area contributed by atoms with Gasteiger partial charge in [-0.05, 0) is 77.0 Å². The van der Waals surface area contributed by atoms with Gasteiger partial charge in [-0.25, -0.2) is 0 Å². The van der Waals surface area contributed by atoms with Crippen LogP contribution in [0.25, 0.3) is 0 Å². The summed E-state index contributed by atoms with van der Waals surface area (Å²) in [7, 11) is 0. The fourth-order valence-corrected chi connectivity index (χ4v) is 9.24. The van der Waals surface area contributed by atoms with E-state index in [1.165, 1.54) is 231 Å². The van der Waals surface area contributed by atoms with Gasteiger partial charge in [-0.1, -0.05) is 269 Å². The number of esters is 1. The van der Waals surface area contributed by atoms with E-state index < -0.39 is 12.1 Å². The lowest BCUT2D eigenvalue weighted by molar-refractivity contribution is -0.143. The Kier molecular flexibility index (Phi) is 56.0. The first kappa shape index (κ1) is 66.1. The summed E-state index contributed by atoms with van der Waals surface area (Å²) in [5.74, 6) is -0.0536. The molecule has 0 radical (unpaired) electrons. The zero-order valence-corrected chi connectivity index (χ0v) is 45.6. The summed E-state index contributed by atoms with van der Waals surface area (Å²) < 4.78 is 5.46. The van der Waals surface area contributed by atoms with Gasteiger partial charge in [0.05, 0.1) is 25.4 Å². The number of aliphatic hydroxyl groups is 2. The third-order valence-electron chi connectivity index (χ3n) is 13.9. The Labute approximate surface area is 424 Å². The molecule has 0 aromatic rings. The first-order valence-corrected chi connectivity index (χ1v) is 30.2. The molecule has 3 N–H and O–H groups in total. The third kappa shape index (κ3) is 53.4. The SMILES string of the molecule is CCCC/C=C\C/C=C\CCCCCCCC(=O)OCCCCCCCCCC/C=C\CCCCCCCCCC(=O)NC(CO)C(O)CCCCCCCCCCCCCCCCCCCC. The van der Waals surface area contributed by atoms with Gasteiger partial charge in [-0.2, -0.15) is 0 Å². The molecular formula is C62H117NO5. The van der Waals surface area contributed by atoms with Gasteiger partial charge in [0.25, 0.3) is 0 Å². The van der Waals surface area contributed by atoms with E-state index in [9.17, 15) is 19.8 Å². The van der Waals surface area contributed by atoms with Crippen LogP contribution in [0.5, 0.6) is 0 Å². The van der Waals surface area contributed by atoms with Crippen LogP contribution in [0.2, 0.25) is 0 Å². The molecule has 6 nitrogen and oxygen atoms in total. The highest BCUT2D eigenvalue weighted by molar-refractivity contribution is 5.76. The number of carbonyl (C=O) groups is 2. The predicted octanol–water partition coefficient (Wildman–Crippen LogP) is 18.8. The van der Waals surface area contributed by atoms with Crippen LogP contribution in [-0.4, -0.2) is 47.4 Å². The molecule has 0 aromatic heterocycles. The van der Waals surface area contributed by atoms with E-state index >= 15 is 0 Å². The molecule has 0 bridgehead atoms. The number of hydrogen-bond acceptors (Lipinski definition) is 5. The summed E-state index contributed by atoms with van der Waals surface area (Å²) in [5.41, 5.74) is 0. The minimum atomic E-state index is -0.672. The van der Waals surface area contributed by atoms with Crippen molar-refractivity contribution in [2.75, 3.05) is 13.2 Å². The van der Waals surface area contributed by atoms with Crippen LogP contribution < -0.4 is 5.32 Å². The Bertz CT molecular complexity index is 1100. The topological polar surface area (TPSA) is 95.9 Å². The van der Waals surface area contributed by atoms with Gasteiger partial charge in [-0.15, -0.1) is 0 Å². The van der Waals surface area contributed by atoms with E-state index in [0.717, 1.165) is 57.8 Å². The summed E-state index contributed by atoms with van der Waals surface area (Å²) >= 11 is 0. The van der Waals surface area contributed by atoms with Gasteiger partial charge >= 0.3 is 5.97 Å². The normalized spacial score (nSPS) is 12.8. The number of aliphatic hydroxyl groups excluding tert-OH is 2. The second-order valence-corrected chi connectivity index (χ2v) is 20.7. The maximum absolute atomic E-state index is 12.5. The minimum absolute atomic E-state index is 0.0106. The first-order chi connectivity index (χ1) is 33.5. The smallest absolute Gasteiger partial charge is 0.305 e. The van der Waals surface area contributed by atoms with Crippen molar-refractivity contribution in [1.29, 1.82) is 0 Å². The Morgan fingerprint density at radius 3 is 1.18 bits per heavy atom. The molecule has 2 atom stereocenters. The fraction of sp³-hybridized carbons (Fsp3) is 0.871. The lowest BCUT2D eigenvalue weighted by Crippen LogP contribution is -2.45. The monoisotopic (exact) mass is 956 g/mol. The highest BCUT2D eigenvalue weighted by atomic mass is 16.5. The van der Waals surface area contributed by atoms with Crippen molar-refractivity contribution < 1.29 is 24.5 Å². The zero-order valence-electron chi connectivity index (χ0n) is 45.6. The molecule has 6 heteroatoms. The van der Waals surface area contributed by atoms with E-state index in [2.05, 4.69) is 55.6 Å². The third-order valence-corrected chi connectivity index (χ3v) is 13.9. The van der Waals surface area contributed by atoms with Crippen molar-refractivity contribution in [3.8, 4) is 0 Å². The number of amides is 1. The zero-order chi connectivity index (χ0) is 49.3. The lowest BCUT2D eigenvalue weighted by Gasteiger charge is -2.22. The van der Waals surface area contributed by atoms with Crippen molar-refractivity contribution in [1.82, 2.24) is 5.32 Å². The van der Waals surface area contributed by atoms with Gasteiger partial charge in [0.15, 0.2) is 0 Å². The van der Waals surface area contributed by atoms with E-state index in [4.69, 9.17) is 4.74 Å². The van der Waals surface area contributed by atoms with Gasteiger partial charge in [-0.3, -0.25) is 9.59 Å². The van der Waals surface area contributed by atoms with Crippen LogP contribution in [-0.2, 0) is 14.3 Å². The molecule has 0 aliphatic rings. The number of ether oxygens (including phenoxy) is 1. The molecular weight excluding hydrogens is 839 g/mol. The van der Waals surface area contributed by atoms with E-state index in [1.54, 1.807) is 0 Å². The van der Waals surface area contributed by atoms with Gasteiger partial charge in [0, 0.05) is 12.8 Å². The van der Waals surface area contributed by atoms with Gasteiger partial charge in [0.1, 0.15) is 0 Å². The van der Waals surface area contributed by atoms with Crippen LogP contribution in [0.15, 0.2) is 36.5 Å². The van der Waals surface area contributed by atoms with Crippen LogP contribution >= 0.6 is 0 Å². The second-order valence-electron chi connectivity index (χ2n) is 20.7. The highest BCUT2D eigenvalue weighted by Crippen LogP contribution is 2.17. The van der Waals surface area contributed by atoms with Crippen LogP contribution in [0.4, 0.5) is 0 Å². The Morgan fingerprint density at radius 1 is 0.412 bits per heavy atom. The van der Waals surface area contributed by atoms with Gasteiger partial charge < -0.3 is 20.3 Å². The standard InChI is InChI=1S/C62H117NO5/c1-3-5-7-9-11-13-15-17-19-20-24-27-30-34-38-42-46-50-54-60(65)59(58-64)63-61(66)55-51-47-43-39-35-31-28-25-22-21-23-26-29-33-37-41-45-49-53-57-68-62(67)56-52-48-44-40-36-32-18-16-14-12-10-8-6-4-2/h10,12,16,18,21-22,59-60,64-65H,3-9,11,13-15,17,19-20,23-58H2,1-2H3,(H,63,66)/b12-10-,18-16-,22-21-. The molecule has 0 rings (SSSR count). The fourth-order valence-electron chi connectivity index (χ4n) is 9.24. The van der Waals surface area contributed by atoms with E-state index in [1.807, 2.05) is 0 Å². The summed E-state index contributed by atoms with van der Waals surface area (Å²) in [6.45, 7) is 4.91. The number of allylic oxidation sites excluding steroid dienone is 6. The van der Waals surface area contributed by atoms with Crippen LogP contribution in [0.3, 0.4) is 0 Å². The molecule has 400 valence electrons. The average Bonchev–Trinajstić information content (AvgIpc) is 3.34. The van der Waals surface area contributed by atoms with Gasteiger partial charge in [0.2, 0.25) is 5.91 Å². The van der Waals surface area contributed by atoms with Crippen molar-refractivity contribution in [3.63, 3.8) is 0 Å². The molecule has 2 unspecified atom stereocenters. The molecule has 0 saturated heterocycles. The minimum Gasteiger partial charge on any atom is -0.466 e. The molecule has 68 heavy (non-hydrogen) atoms. The molecule has 0 aliphatic heterocycles. The Balaban J connectivity index is 3.45. The number of nitrogens with one attached hydrogen (secondary N) is 1. The second kappa shape index (κ2) is 57.7. The summed E-state index contributed by atoms with van der Waals surface area (Å²) in [6.07, 6.45) is 71.4. The number of rotatable bonds is 56. The van der Waals surface area contributed by atoms with Crippen molar-refractivity contribution >= 4 is 11.9 Å². The number of hydrogen-bond donors (Lipinski definition) is 3. The Hall–Kier alpha value is -1.92. The lowest BCUT2D eigenvalue weighted by atomic mass is 10.0. The molecule has 0 aromatic carbocycles. The highest BCUT2D eigenvalue weighted by Gasteiger charge is 2.20.